The van der Waals surface area contributed by atoms with E-state index in [9.17, 15) is 5.11 Å². The highest BCUT2D eigenvalue weighted by atomic mass is 32.2. The smallest absolute Gasteiger partial charge is 0.196 e. The number of para-hydroxylation sites is 1. The summed E-state index contributed by atoms with van der Waals surface area (Å²) in [6, 6.07) is 19.2. The van der Waals surface area contributed by atoms with Gasteiger partial charge in [-0.2, -0.15) is 0 Å². The van der Waals surface area contributed by atoms with Crippen molar-refractivity contribution in [1.82, 2.24) is 19.7 Å². The van der Waals surface area contributed by atoms with Gasteiger partial charge in [0.1, 0.15) is 18.1 Å². The lowest BCUT2D eigenvalue weighted by molar-refractivity contribution is 0.126. The molecule has 4 aromatic rings. The Morgan fingerprint density at radius 1 is 1.06 bits per heavy atom. The SMILES string of the molecule is C=CCc1ccccc1OC[C@@H](O)CSc1nnc(-c2ccncc2)n1-c1ccc(OC)cc1. The number of nitrogens with zero attached hydrogens (tertiary/aromatic N) is 4. The summed E-state index contributed by atoms with van der Waals surface area (Å²) in [5.74, 6) is 2.61. The average molecular weight is 475 g/mol. The lowest BCUT2D eigenvalue weighted by Crippen LogP contribution is -2.20. The molecule has 1 N–H and O–H groups in total. The third-order valence-corrected chi connectivity index (χ3v) is 6.15. The minimum absolute atomic E-state index is 0.176. The molecule has 0 bridgehead atoms. The van der Waals surface area contributed by atoms with Crippen molar-refractivity contribution >= 4 is 11.8 Å². The first-order valence-electron chi connectivity index (χ1n) is 10.8. The normalized spacial score (nSPS) is 11.7. The fraction of sp³-hybridized carbons (Fsp3) is 0.192. The van der Waals surface area contributed by atoms with E-state index in [2.05, 4.69) is 21.8 Å². The van der Waals surface area contributed by atoms with Crippen molar-refractivity contribution < 1.29 is 14.6 Å². The van der Waals surface area contributed by atoms with Gasteiger partial charge in [0.25, 0.3) is 0 Å². The monoisotopic (exact) mass is 474 g/mol. The number of pyridine rings is 1. The minimum Gasteiger partial charge on any atom is -0.497 e. The van der Waals surface area contributed by atoms with Crippen molar-refractivity contribution in [1.29, 1.82) is 0 Å². The van der Waals surface area contributed by atoms with Crippen LogP contribution in [0.3, 0.4) is 0 Å². The Morgan fingerprint density at radius 2 is 1.82 bits per heavy atom. The molecule has 0 saturated heterocycles. The van der Waals surface area contributed by atoms with Crippen LogP contribution in [0, 0.1) is 0 Å². The number of ether oxygens (including phenoxy) is 2. The Kier molecular flexibility index (Phi) is 7.95. The highest BCUT2D eigenvalue weighted by molar-refractivity contribution is 7.99. The van der Waals surface area contributed by atoms with E-state index in [0.29, 0.717) is 23.2 Å². The second kappa shape index (κ2) is 11.5. The molecule has 1 atom stereocenters. The molecule has 0 spiro atoms. The fourth-order valence-electron chi connectivity index (χ4n) is 3.39. The third-order valence-electron chi connectivity index (χ3n) is 5.08. The maximum absolute atomic E-state index is 10.6. The van der Waals surface area contributed by atoms with E-state index in [4.69, 9.17) is 9.47 Å². The second-order valence-corrected chi connectivity index (χ2v) is 8.44. The molecule has 0 aliphatic carbocycles. The third kappa shape index (κ3) is 5.65. The van der Waals surface area contributed by atoms with Crippen LogP contribution in [0.25, 0.3) is 17.1 Å². The Bertz CT molecular complexity index is 1210. The summed E-state index contributed by atoms with van der Waals surface area (Å²) >= 11 is 1.42. The molecule has 4 rings (SSSR count). The van der Waals surface area contributed by atoms with Gasteiger partial charge < -0.3 is 14.6 Å². The average Bonchev–Trinajstić information content (AvgIpc) is 3.31. The van der Waals surface area contributed by atoms with Crippen molar-refractivity contribution in [2.24, 2.45) is 0 Å². The van der Waals surface area contributed by atoms with Crippen molar-refractivity contribution in [2.75, 3.05) is 19.5 Å². The van der Waals surface area contributed by atoms with Crippen LogP contribution in [0.5, 0.6) is 11.5 Å². The molecule has 0 unspecified atom stereocenters. The molecule has 0 amide bonds. The summed E-state index contributed by atoms with van der Waals surface area (Å²) in [5, 5.41) is 20.1. The molecule has 0 saturated carbocycles. The molecule has 0 aliphatic heterocycles. The summed E-state index contributed by atoms with van der Waals surface area (Å²) in [6.07, 6.45) is 5.30. The molecular weight excluding hydrogens is 448 g/mol. The number of hydrogen-bond acceptors (Lipinski definition) is 7. The lowest BCUT2D eigenvalue weighted by Gasteiger charge is -2.15. The first-order chi connectivity index (χ1) is 16.7. The van der Waals surface area contributed by atoms with Crippen LogP contribution in [0.2, 0.25) is 0 Å². The number of methoxy groups -OCH3 is 1. The van der Waals surface area contributed by atoms with Crippen LogP contribution in [-0.2, 0) is 6.42 Å². The van der Waals surface area contributed by atoms with Crippen molar-refractivity contribution in [3.8, 4) is 28.6 Å². The number of allylic oxidation sites excluding steroid dienone is 1. The van der Waals surface area contributed by atoms with Gasteiger partial charge >= 0.3 is 0 Å². The summed E-state index contributed by atoms with van der Waals surface area (Å²) in [7, 11) is 1.64. The van der Waals surface area contributed by atoms with Gasteiger partial charge in [0, 0.05) is 29.4 Å². The van der Waals surface area contributed by atoms with Crippen LogP contribution >= 0.6 is 11.8 Å². The molecule has 2 heterocycles. The van der Waals surface area contributed by atoms with E-state index < -0.39 is 6.10 Å². The van der Waals surface area contributed by atoms with Crippen molar-refractivity contribution in [2.45, 2.75) is 17.7 Å². The summed E-state index contributed by atoms with van der Waals surface area (Å²) in [4.78, 5) is 4.09. The summed E-state index contributed by atoms with van der Waals surface area (Å²) in [6.45, 7) is 3.96. The number of aliphatic hydroxyl groups is 1. The standard InChI is InChI=1S/C26H26N4O3S/c1-3-6-19-7-4-5-8-24(19)33-17-22(31)18-34-26-29-28-25(20-13-15-27-16-14-20)30(26)21-9-11-23(32-2)12-10-21/h3-5,7-16,22,31H,1,6,17-18H2,2H3/t22-/m1/s1. The summed E-state index contributed by atoms with van der Waals surface area (Å²) < 4.78 is 13.1. The first kappa shape index (κ1) is 23.5. The van der Waals surface area contributed by atoms with Gasteiger partial charge in [-0.05, 0) is 54.4 Å². The van der Waals surface area contributed by atoms with Gasteiger partial charge in [0.2, 0.25) is 0 Å². The lowest BCUT2D eigenvalue weighted by atomic mass is 10.1. The van der Waals surface area contributed by atoms with Crippen LogP contribution in [0.15, 0.2) is 90.9 Å². The van der Waals surface area contributed by atoms with Gasteiger partial charge in [-0.15, -0.1) is 16.8 Å². The van der Waals surface area contributed by atoms with Crippen molar-refractivity contribution in [3.63, 3.8) is 0 Å². The first-order valence-corrected chi connectivity index (χ1v) is 11.8. The number of thioether (sulfide) groups is 1. The zero-order valence-electron chi connectivity index (χ0n) is 18.9. The van der Waals surface area contributed by atoms with E-state index in [1.165, 1.54) is 11.8 Å². The fourth-order valence-corrected chi connectivity index (χ4v) is 4.25. The highest BCUT2D eigenvalue weighted by Crippen LogP contribution is 2.29. The maximum Gasteiger partial charge on any atom is 0.196 e. The molecule has 34 heavy (non-hydrogen) atoms. The minimum atomic E-state index is -0.688. The molecule has 0 radical (unpaired) electrons. The Morgan fingerprint density at radius 3 is 2.56 bits per heavy atom. The molecule has 174 valence electrons. The van der Waals surface area contributed by atoms with Gasteiger partial charge in [-0.1, -0.05) is 36.0 Å². The molecule has 0 fully saturated rings. The maximum atomic E-state index is 10.6. The highest BCUT2D eigenvalue weighted by Gasteiger charge is 2.18. The van der Waals surface area contributed by atoms with Gasteiger partial charge in [0.15, 0.2) is 11.0 Å². The number of rotatable bonds is 11. The molecule has 0 aliphatic rings. The summed E-state index contributed by atoms with van der Waals surface area (Å²) in [5.41, 5.74) is 2.83. The van der Waals surface area contributed by atoms with Gasteiger partial charge in [0.05, 0.1) is 13.2 Å². The van der Waals surface area contributed by atoms with Crippen LogP contribution in [-0.4, -0.2) is 50.4 Å². The second-order valence-electron chi connectivity index (χ2n) is 7.45. The zero-order valence-corrected chi connectivity index (χ0v) is 19.7. The quantitative estimate of drug-likeness (QED) is 0.251. The predicted molar refractivity (Wildman–Crippen MR) is 134 cm³/mol. The van der Waals surface area contributed by atoms with E-state index in [0.717, 1.165) is 28.3 Å². The molecular formula is C26H26N4O3S. The molecule has 7 nitrogen and oxygen atoms in total. The number of benzene rings is 2. The van der Waals surface area contributed by atoms with E-state index in [-0.39, 0.29) is 6.61 Å². The largest absolute Gasteiger partial charge is 0.497 e. The van der Waals surface area contributed by atoms with E-state index in [1.54, 1.807) is 19.5 Å². The Balaban J connectivity index is 1.50. The predicted octanol–water partition coefficient (Wildman–Crippen LogP) is 4.60. The topological polar surface area (TPSA) is 82.3 Å². The molecule has 8 heteroatoms. The van der Waals surface area contributed by atoms with Gasteiger partial charge in [-0.3, -0.25) is 9.55 Å². The Labute approximate surface area is 203 Å². The zero-order chi connectivity index (χ0) is 23.8. The number of aliphatic hydroxyl groups excluding tert-OH is 1. The van der Waals surface area contributed by atoms with Crippen molar-refractivity contribution in [3.05, 3.63) is 91.3 Å². The van der Waals surface area contributed by atoms with E-state index in [1.807, 2.05) is 71.3 Å². The number of aromatic nitrogens is 4. The van der Waals surface area contributed by atoms with Crippen LogP contribution in [0.1, 0.15) is 5.56 Å². The molecule has 2 aromatic carbocycles. The molecule has 2 aromatic heterocycles. The van der Waals surface area contributed by atoms with Gasteiger partial charge in [-0.25, -0.2) is 0 Å². The number of hydrogen-bond donors (Lipinski definition) is 1. The van der Waals surface area contributed by atoms with Crippen LogP contribution < -0.4 is 9.47 Å². The van der Waals surface area contributed by atoms with Crippen LogP contribution in [0.4, 0.5) is 0 Å². The van der Waals surface area contributed by atoms with E-state index >= 15 is 0 Å². The Hall–Kier alpha value is -3.62.